The molecule has 0 radical (unpaired) electrons. The Morgan fingerprint density at radius 3 is 2.82 bits per heavy atom. The van der Waals surface area contributed by atoms with Crippen LogP contribution in [0.4, 0.5) is 4.39 Å². The lowest BCUT2D eigenvalue weighted by Crippen LogP contribution is -2.24. The number of aromatic nitrogens is 2. The van der Waals surface area contributed by atoms with Crippen LogP contribution in [0, 0.1) is 5.82 Å². The molecule has 5 nitrogen and oxygen atoms in total. The molecule has 7 heteroatoms. The fourth-order valence-electron chi connectivity index (χ4n) is 1.85. The van der Waals surface area contributed by atoms with E-state index in [0.717, 1.165) is 0 Å². The summed E-state index contributed by atoms with van der Waals surface area (Å²) in [4.78, 5) is 16.6. The Hall–Kier alpha value is -2.54. The molecule has 1 aromatic carbocycles. The molecule has 0 saturated heterocycles. The number of nitrogens with zero attached hydrogens (tertiary/aromatic N) is 2. The van der Waals surface area contributed by atoms with Gasteiger partial charge in [-0.25, -0.2) is 4.39 Å². The van der Waals surface area contributed by atoms with E-state index < -0.39 is 0 Å². The molecule has 0 aliphatic carbocycles. The molecule has 2 heterocycles. The summed E-state index contributed by atoms with van der Waals surface area (Å²) in [5.74, 6) is 0.391. The molecule has 112 valence electrons. The number of thiophene rings is 1. The number of hydrogen-bond acceptors (Lipinski definition) is 5. The average molecular weight is 317 g/mol. The van der Waals surface area contributed by atoms with Crippen molar-refractivity contribution in [2.24, 2.45) is 0 Å². The number of halogens is 1. The van der Waals surface area contributed by atoms with Crippen molar-refractivity contribution in [3.8, 4) is 11.4 Å². The van der Waals surface area contributed by atoms with Gasteiger partial charge < -0.3 is 9.84 Å². The molecule has 0 atom stereocenters. The average Bonchev–Trinajstić information content (AvgIpc) is 3.19. The second kappa shape index (κ2) is 6.48. The maximum Gasteiger partial charge on any atom is 0.261 e. The quantitative estimate of drug-likeness (QED) is 0.785. The van der Waals surface area contributed by atoms with Crippen LogP contribution < -0.4 is 5.32 Å². The van der Waals surface area contributed by atoms with Crippen LogP contribution in [0.3, 0.4) is 0 Å². The van der Waals surface area contributed by atoms with Crippen molar-refractivity contribution in [1.82, 2.24) is 15.5 Å². The molecule has 0 unspecified atom stereocenters. The normalized spacial score (nSPS) is 10.6. The predicted octanol–water partition coefficient (Wildman–Crippen LogP) is 2.91. The van der Waals surface area contributed by atoms with Crippen molar-refractivity contribution in [2.45, 2.75) is 6.42 Å². The Labute approximate surface area is 129 Å². The summed E-state index contributed by atoms with van der Waals surface area (Å²) >= 11 is 1.39. The van der Waals surface area contributed by atoms with Gasteiger partial charge in [0.05, 0.1) is 4.88 Å². The summed E-state index contributed by atoms with van der Waals surface area (Å²) < 4.78 is 18.0. The molecule has 0 spiro atoms. The first-order valence-corrected chi connectivity index (χ1v) is 7.50. The number of carbonyl (C=O) groups excluding carboxylic acids is 1. The lowest BCUT2D eigenvalue weighted by molar-refractivity contribution is 0.0957. The summed E-state index contributed by atoms with van der Waals surface area (Å²) in [5.41, 5.74) is 0.680. The number of hydrogen-bond donors (Lipinski definition) is 1. The summed E-state index contributed by atoms with van der Waals surface area (Å²) in [6, 6.07) is 9.44. The van der Waals surface area contributed by atoms with E-state index in [2.05, 4.69) is 15.5 Å². The van der Waals surface area contributed by atoms with E-state index >= 15 is 0 Å². The SMILES string of the molecule is O=C(NCCc1nc(-c2ccc(F)cc2)no1)c1cccs1. The summed E-state index contributed by atoms with van der Waals surface area (Å²) in [6.45, 7) is 0.405. The highest BCUT2D eigenvalue weighted by atomic mass is 32.1. The van der Waals surface area contributed by atoms with Crippen LogP contribution in [0.1, 0.15) is 15.6 Å². The molecular formula is C15H12FN3O2S. The first-order valence-electron chi connectivity index (χ1n) is 6.62. The van der Waals surface area contributed by atoms with E-state index in [-0.39, 0.29) is 11.7 Å². The minimum atomic E-state index is -0.316. The molecule has 1 amide bonds. The predicted molar refractivity (Wildman–Crippen MR) is 80.0 cm³/mol. The Morgan fingerprint density at radius 2 is 2.09 bits per heavy atom. The largest absolute Gasteiger partial charge is 0.351 e. The van der Waals surface area contributed by atoms with E-state index in [0.29, 0.717) is 35.1 Å². The van der Waals surface area contributed by atoms with E-state index in [9.17, 15) is 9.18 Å². The van der Waals surface area contributed by atoms with Gasteiger partial charge in [0.1, 0.15) is 5.82 Å². The third-order valence-corrected chi connectivity index (χ3v) is 3.81. The van der Waals surface area contributed by atoms with Crippen molar-refractivity contribution >= 4 is 17.2 Å². The number of benzene rings is 1. The summed E-state index contributed by atoms with van der Waals surface area (Å²) in [5, 5.41) is 8.48. The molecule has 0 aliphatic rings. The zero-order chi connectivity index (χ0) is 15.4. The molecule has 0 bridgehead atoms. The standard InChI is InChI=1S/C15H12FN3O2S/c16-11-5-3-10(4-6-11)14-18-13(21-19-14)7-8-17-15(20)12-2-1-9-22-12/h1-6,9H,7-8H2,(H,17,20). The summed E-state index contributed by atoms with van der Waals surface area (Å²) in [7, 11) is 0. The molecule has 1 N–H and O–H groups in total. The molecule has 0 aliphatic heterocycles. The second-order valence-corrected chi connectivity index (χ2v) is 5.45. The van der Waals surface area contributed by atoms with Crippen LogP contribution in [0.2, 0.25) is 0 Å². The van der Waals surface area contributed by atoms with Gasteiger partial charge in [-0.1, -0.05) is 11.2 Å². The molecule has 0 fully saturated rings. The van der Waals surface area contributed by atoms with Crippen LogP contribution in [0.5, 0.6) is 0 Å². The van der Waals surface area contributed by atoms with Crippen molar-refractivity contribution in [1.29, 1.82) is 0 Å². The van der Waals surface area contributed by atoms with E-state index in [1.54, 1.807) is 18.2 Å². The van der Waals surface area contributed by atoms with Gasteiger partial charge >= 0.3 is 0 Å². The van der Waals surface area contributed by atoms with E-state index in [1.165, 1.54) is 23.5 Å². The third-order valence-electron chi connectivity index (χ3n) is 2.94. The smallest absolute Gasteiger partial charge is 0.261 e. The summed E-state index contributed by atoms with van der Waals surface area (Å²) in [6.07, 6.45) is 0.436. The number of nitrogens with one attached hydrogen (secondary N) is 1. The highest BCUT2D eigenvalue weighted by Crippen LogP contribution is 2.16. The van der Waals surface area contributed by atoms with E-state index in [1.807, 2.05) is 11.4 Å². The number of amides is 1. The first kappa shape index (κ1) is 14.4. The number of carbonyl (C=O) groups is 1. The van der Waals surface area contributed by atoms with Gasteiger partial charge in [0.15, 0.2) is 0 Å². The lowest BCUT2D eigenvalue weighted by atomic mass is 10.2. The second-order valence-electron chi connectivity index (χ2n) is 4.50. The van der Waals surface area contributed by atoms with Gasteiger partial charge in [-0.2, -0.15) is 4.98 Å². The first-order chi connectivity index (χ1) is 10.7. The van der Waals surface area contributed by atoms with Crippen molar-refractivity contribution in [3.63, 3.8) is 0 Å². The van der Waals surface area contributed by atoms with Gasteiger partial charge in [0.25, 0.3) is 5.91 Å². The maximum absolute atomic E-state index is 12.9. The topological polar surface area (TPSA) is 68.0 Å². The van der Waals surface area contributed by atoms with Gasteiger partial charge in [0, 0.05) is 18.5 Å². The molecule has 2 aromatic heterocycles. The zero-order valence-corrected chi connectivity index (χ0v) is 12.3. The third kappa shape index (κ3) is 3.37. The fraction of sp³-hybridized carbons (Fsp3) is 0.133. The van der Waals surface area contributed by atoms with Crippen molar-refractivity contribution in [3.05, 3.63) is 58.4 Å². The van der Waals surface area contributed by atoms with Gasteiger partial charge in [-0.05, 0) is 35.7 Å². The van der Waals surface area contributed by atoms with Crippen LogP contribution in [-0.2, 0) is 6.42 Å². The molecular weight excluding hydrogens is 305 g/mol. The van der Waals surface area contributed by atoms with Gasteiger partial charge in [-0.3, -0.25) is 4.79 Å². The lowest BCUT2D eigenvalue weighted by Gasteiger charge is -2.00. The molecule has 22 heavy (non-hydrogen) atoms. The van der Waals surface area contributed by atoms with Gasteiger partial charge in [-0.15, -0.1) is 11.3 Å². The Kier molecular flexibility index (Phi) is 4.24. The monoisotopic (exact) mass is 317 g/mol. The van der Waals surface area contributed by atoms with Crippen LogP contribution >= 0.6 is 11.3 Å². The molecule has 3 rings (SSSR count). The maximum atomic E-state index is 12.9. The Bertz CT molecular complexity index is 753. The van der Waals surface area contributed by atoms with Crippen LogP contribution in [0.15, 0.2) is 46.3 Å². The number of rotatable bonds is 5. The highest BCUT2D eigenvalue weighted by Gasteiger charge is 2.10. The highest BCUT2D eigenvalue weighted by molar-refractivity contribution is 7.12. The Balaban J connectivity index is 1.56. The molecule has 0 saturated carbocycles. The van der Waals surface area contributed by atoms with Gasteiger partial charge in [0.2, 0.25) is 11.7 Å². The Morgan fingerprint density at radius 1 is 1.27 bits per heavy atom. The van der Waals surface area contributed by atoms with Crippen molar-refractivity contribution in [2.75, 3.05) is 6.54 Å². The molecule has 3 aromatic rings. The zero-order valence-electron chi connectivity index (χ0n) is 11.5. The minimum Gasteiger partial charge on any atom is -0.351 e. The fourth-order valence-corrected chi connectivity index (χ4v) is 2.49. The van der Waals surface area contributed by atoms with E-state index in [4.69, 9.17) is 4.52 Å². The minimum absolute atomic E-state index is 0.117. The van der Waals surface area contributed by atoms with Crippen LogP contribution in [-0.4, -0.2) is 22.6 Å². The van der Waals surface area contributed by atoms with Crippen LogP contribution in [0.25, 0.3) is 11.4 Å². The van der Waals surface area contributed by atoms with Crippen molar-refractivity contribution < 1.29 is 13.7 Å².